The lowest BCUT2D eigenvalue weighted by Gasteiger charge is -2.16. The van der Waals surface area contributed by atoms with Crippen LogP contribution in [0.1, 0.15) is 5.56 Å². The van der Waals surface area contributed by atoms with E-state index in [0.29, 0.717) is 17.0 Å². The monoisotopic (exact) mass is 312 g/mol. The Labute approximate surface area is 127 Å². The standard InChI is InChI=1S/C14H17FN2OS2/c1-3-19-14(13-10(15)5-4-6-11(13)18)16-9-12-17(2)7-8-20-12/h3-6,12,18H,1,7-9H2,2H3/t12-/m1/s1. The second-order valence-corrected chi connectivity index (χ2v) is 6.61. The van der Waals surface area contributed by atoms with Crippen LogP contribution in [0.2, 0.25) is 0 Å². The number of benzene rings is 1. The number of likely N-dealkylation sites (N-methyl/N-ethyl adjacent to an activating group) is 1. The lowest BCUT2D eigenvalue weighted by molar-refractivity contribution is 0.357. The fourth-order valence-corrected chi connectivity index (χ4v) is 3.77. The highest BCUT2D eigenvalue weighted by Gasteiger charge is 2.22. The minimum Gasteiger partial charge on any atom is -0.507 e. The molecule has 1 fully saturated rings. The summed E-state index contributed by atoms with van der Waals surface area (Å²) in [5.41, 5.74) is 0.156. The van der Waals surface area contributed by atoms with Crippen LogP contribution < -0.4 is 0 Å². The number of nitrogens with zero attached hydrogens (tertiary/aromatic N) is 2. The third-order valence-electron chi connectivity index (χ3n) is 3.04. The molecule has 1 aromatic rings. The van der Waals surface area contributed by atoms with E-state index in [1.165, 1.54) is 30.0 Å². The van der Waals surface area contributed by atoms with Crippen LogP contribution in [0.4, 0.5) is 4.39 Å². The molecule has 1 aliphatic heterocycles. The Morgan fingerprint density at radius 2 is 2.50 bits per heavy atom. The Morgan fingerprint density at radius 3 is 3.10 bits per heavy atom. The van der Waals surface area contributed by atoms with Crippen molar-refractivity contribution in [1.82, 2.24) is 4.90 Å². The Kier molecular flexibility index (Phi) is 5.51. The Hall–Kier alpha value is -0.980. The van der Waals surface area contributed by atoms with E-state index in [-0.39, 0.29) is 11.3 Å². The maximum atomic E-state index is 13.9. The molecule has 3 nitrogen and oxygen atoms in total. The van der Waals surface area contributed by atoms with Crippen LogP contribution in [0.25, 0.3) is 0 Å². The number of halogens is 1. The van der Waals surface area contributed by atoms with Gasteiger partial charge in [0, 0.05) is 12.3 Å². The molecule has 6 heteroatoms. The van der Waals surface area contributed by atoms with Crippen LogP contribution in [0, 0.1) is 5.82 Å². The van der Waals surface area contributed by atoms with E-state index in [1.807, 2.05) is 11.8 Å². The van der Waals surface area contributed by atoms with E-state index < -0.39 is 5.82 Å². The predicted molar refractivity (Wildman–Crippen MR) is 86.1 cm³/mol. The number of aromatic hydroxyl groups is 1. The smallest absolute Gasteiger partial charge is 0.136 e. The molecule has 1 aliphatic rings. The summed E-state index contributed by atoms with van der Waals surface area (Å²) in [5.74, 6) is 0.530. The van der Waals surface area contributed by atoms with Crippen molar-refractivity contribution in [3.8, 4) is 5.75 Å². The Balaban J connectivity index is 2.24. The van der Waals surface area contributed by atoms with Gasteiger partial charge in [-0.15, -0.1) is 11.8 Å². The summed E-state index contributed by atoms with van der Waals surface area (Å²) < 4.78 is 13.9. The molecule has 2 rings (SSSR count). The molecular formula is C14H17FN2OS2. The summed E-state index contributed by atoms with van der Waals surface area (Å²) >= 11 is 3.07. The normalized spacial score (nSPS) is 20.3. The first kappa shape index (κ1) is 15.4. The minimum atomic E-state index is -0.467. The van der Waals surface area contributed by atoms with Crippen LogP contribution in [0.5, 0.6) is 5.75 Å². The van der Waals surface area contributed by atoms with E-state index in [9.17, 15) is 9.50 Å². The fourth-order valence-electron chi connectivity index (χ4n) is 1.94. The molecule has 1 aromatic carbocycles. The number of rotatable bonds is 4. The first-order valence-electron chi connectivity index (χ1n) is 6.25. The van der Waals surface area contributed by atoms with Crippen molar-refractivity contribution in [2.24, 2.45) is 4.99 Å². The molecule has 1 heterocycles. The van der Waals surface area contributed by atoms with Crippen molar-refractivity contribution in [3.05, 3.63) is 41.6 Å². The maximum absolute atomic E-state index is 13.9. The third kappa shape index (κ3) is 3.56. The molecular weight excluding hydrogens is 295 g/mol. The molecule has 0 spiro atoms. The third-order valence-corrected chi connectivity index (χ3v) is 5.07. The van der Waals surface area contributed by atoms with Gasteiger partial charge in [0.05, 0.1) is 17.5 Å². The average molecular weight is 312 g/mol. The highest BCUT2D eigenvalue weighted by atomic mass is 32.2. The van der Waals surface area contributed by atoms with E-state index >= 15 is 0 Å². The summed E-state index contributed by atoms with van der Waals surface area (Å²) in [5, 5.41) is 12.2. The lowest BCUT2D eigenvalue weighted by atomic mass is 10.2. The summed E-state index contributed by atoms with van der Waals surface area (Å²) in [6.45, 7) is 5.26. The molecule has 20 heavy (non-hydrogen) atoms. The molecule has 0 saturated carbocycles. The lowest BCUT2D eigenvalue weighted by Crippen LogP contribution is -2.26. The van der Waals surface area contributed by atoms with Gasteiger partial charge in [-0.05, 0) is 24.6 Å². The maximum Gasteiger partial charge on any atom is 0.136 e. The number of phenolic OH excluding ortho intramolecular Hbond substituents is 1. The molecule has 1 atom stereocenters. The van der Waals surface area contributed by atoms with Gasteiger partial charge >= 0.3 is 0 Å². The van der Waals surface area contributed by atoms with E-state index in [1.54, 1.807) is 5.41 Å². The van der Waals surface area contributed by atoms with Gasteiger partial charge in [-0.1, -0.05) is 24.4 Å². The van der Waals surface area contributed by atoms with Gasteiger partial charge in [0.15, 0.2) is 0 Å². The SMILES string of the molecule is C=CSC(=NC[C@H]1SCCN1C)c1c(O)cccc1F. The molecule has 1 N–H and O–H groups in total. The van der Waals surface area contributed by atoms with Crippen molar-refractivity contribution in [1.29, 1.82) is 0 Å². The number of hydrogen-bond acceptors (Lipinski definition) is 5. The molecule has 1 saturated heterocycles. The second kappa shape index (κ2) is 7.15. The van der Waals surface area contributed by atoms with Crippen LogP contribution in [-0.2, 0) is 0 Å². The van der Waals surface area contributed by atoms with Crippen molar-refractivity contribution in [2.75, 3.05) is 25.9 Å². The zero-order valence-corrected chi connectivity index (χ0v) is 12.9. The minimum absolute atomic E-state index is 0.0921. The molecule has 0 amide bonds. The zero-order chi connectivity index (χ0) is 14.5. The van der Waals surface area contributed by atoms with Gasteiger partial charge < -0.3 is 5.11 Å². The molecule has 0 unspecified atom stereocenters. The molecule has 0 aromatic heterocycles. The quantitative estimate of drug-likeness (QED) is 0.684. The van der Waals surface area contributed by atoms with Crippen molar-refractivity contribution >= 4 is 28.6 Å². The first-order chi connectivity index (χ1) is 9.63. The van der Waals surface area contributed by atoms with E-state index in [0.717, 1.165) is 12.3 Å². The van der Waals surface area contributed by atoms with Crippen LogP contribution >= 0.6 is 23.5 Å². The van der Waals surface area contributed by atoms with Crippen LogP contribution in [-0.4, -0.2) is 46.3 Å². The van der Waals surface area contributed by atoms with Crippen molar-refractivity contribution in [2.45, 2.75) is 5.37 Å². The van der Waals surface area contributed by atoms with Gasteiger partial charge in [0.25, 0.3) is 0 Å². The van der Waals surface area contributed by atoms with Gasteiger partial charge in [-0.2, -0.15) is 0 Å². The number of phenols is 1. The topological polar surface area (TPSA) is 35.8 Å². The highest BCUT2D eigenvalue weighted by molar-refractivity contribution is 8.16. The Morgan fingerprint density at radius 1 is 1.70 bits per heavy atom. The van der Waals surface area contributed by atoms with Crippen LogP contribution in [0.3, 0.4) is 0 Å². The summed E-state index contributed by atoms with van der Waals surface area (Å²) in [7, 11) is 2.06. The fraction of sp³-hybridized carbons (Fsp3) is 0.357. The molecule has 0 radical (unpaired) electrons. The zero-order valence-electron chi connectivity index (χ0n) is 11.3. The van der Waals surface area contributed by atoms with Gasteiger partial charge in [-0.25, -0.2) is 4.39 Å². The largest absolute Gasteiger partial charge is 0.507 e. The molecule has 0 aliphatic carbocycles. The van der Waals surface area contributed by atoms with Crippen molar-refractivity contribution in [3.63, 3.8) is 0 Å². The summed E-state index contributed by atoms with van der Waals surface area (Å²) in [6, 6.07) is 4.27. The first-order valence-corrected chi connectivity index (χ1v) is 8.18. The van der Waals surface area contributed by atoms with E-state index in [2.05, 4.69) is 23.5 Å². The average Bonchev–Trinajstić information content (AvgIpc) is 2.81. The van der Waals surface area contributed by atoms with Gasteiger partial charge in [0.2, 0.25) is 0 Å². The molecule has 0 bridgehead atoms. The number of hydrogen-bond donors (Lipinski definition) is 1. The predicted octanol–water partition coefficient (Wildman–Crippen LogP) is 3.16. The Bertz CT molecular complexity index is 502. The van der Waals surface area contributed by atoms with Gasteiger partial charge in [0.1, 0.15) is 16.6 Å². The second-order valence-electron chi connectivity index (χ2n) is 4.37. The summed E-state index contributed by atoms with van der Waals surface area (Å²) in [6.07, 6.45) is 0. The molecule has 108 valence electrons. The number of thioether (sulfide) groups is 2. The highest BCUT2D eigenvalue weighted by Crippen LogP contribution is 2.27. The summed E-state index contributed by atoms with van der Waals surface area (Å²) in [4.78, 5) is 6.71. The van der Waals surface area contributed by atoms with Gasteiger partial charge in [-0.3, -0.25) is 9.89 Å². The van der Waals surface area contributed by atoms with E-state index in [4.69, 9.17) is 0 Å². The number of aliphatic imine (C=N–C) groups is 1. The van der Waals surface area contributed by atoms with Crippen molar-refractivity contribution < 1.29 is 9.50 Å². The van der Waals surface area contributed by atoms with Crippen LogP contribution in [0.15, 0.2) is 35.2 Å².